The third-order valence-electron chi connectivity index (χ3n) is 1.22. The molecule has 0 saturated heterocycles. The third kappa shape index (κ3) is 3.06. The molecule has 0 radical (unpaired) electrons. The van der Waals surface area contributed by atoms with E-state index in [0.717, 1.165) is 6.07 Å². The maximum atomic E-state index is 11.8. The van der Waals surface area contributed by atoms with Crippen LogP contribution in [0.25, 0.3) is 0 Å². The zero-order valence-electron chi connectivity index (χ0n) is 6.93. The first-order valence-corrected chi connectivity index (χ1v) is 4.18. The minimum atomic E-state index is -4.72. The molecule has 0 atom stereocenters. The second-order valence-electron chi connectivity index (χ2n) is 2.19. The van der Waals surface area contributed by atoms with E-state index < -0.39 is 12.1 Å². The molecule has 78 valence electrons. The number of hydrogen-bond donors (Lipinski definition) is 0. The summed E-state index contributed by atoms with van der Waals surface area (Å²) in [5.41, 5.74) is 0. The van der Waals surface area contributed by atoms with Gasteiger partial charge in [0.25, 0.3) is 0 Å². The molecule has 14 heavy (non-hydrogen) atoms. The van der Waals surface area contributed by atoms with Gasteiger partial charge < -0.3 is 9.47 Å². The van der Waals surface area contributed by atoms with Gasteiger partial charge in [0, 0.05) is 6.07 Å². The predicted octanol–water partition coefficient (Wildman–Crippen LogP) is 2.75. The molecule has 0 saturated carbocycles. The molecule has 0 bridgehead atoms. The fourth-order valence-electron chi connectivity index (χ4n) is 0.719. The molecule has 1 heterocycles. The lowest BCUT2D eigenvalue weighted by Crippen LogP contribution is -2.17. The van der Waals surface area contributed by atoms with Crippen molar-refractivity contribution in [2.45, 2.75) is 6.36 Å². The van der Waals surface area contributed by atoms with E-state index in [2.05, 4.69) is 25.7 Å². The Labute approximate surface area is 86.0 Å². The minimum absolute atomic E-state index is 0.0609. The summed E-state index contributed by atoms with van der Waals surface area (Å²) in [4.78, 5) is 3.65. The Kier molecular flexibility index (Phi) is 3.20. The van der Waals surface area contributed by atoms with Crippen LogP contribution in [0.2, 0.25) is 0 Å². The van der Waals surface area contributed by atoms with E-state index in [0.29, 0.717) is 0 Å². The molecule has 1 aromatic rings. The Morgan fingerprint density at radius 3 is 2.43 bits per heavy atom. The van der Waals surface area contributed by atoms with Crippen molar-refractivity contribution in [3.05, 3.63) is 16.7 Å². The van der Waals surface area contributed by atoms with Crippen molar-refractivity contribution >= 4 is 15.9 Å². The van der Waals surface area contributed by atoms with Gasteiger partial charge in [-0.1, -0.05) is 0 Å². The van der Waals surface area contributed by atoms with Crippen LogP contribution < -0.4 is 9.47 Å². The molecule has 0 aliphatic rings. The zero-order valence-corrected chi connectivity index (χ0v) is 8.52. The summed E-state index contributed by atoms with van der Waals surface area (Å²) in [5.74, 6) is -0.204. The number of methoxy groups -OCH3 is 1. The number of ether oxygens (including phenoxy) is 2. The van der Waals surface area contributed by atoms with Crippen molar-refractivity contribution in [3.63, 3.8) is 0 Å². The van der Waals surface area contributed by atoms with Crippen LogP contribution in [-0.2, 0) is 0 Å². The molecule has 3 nitrogen and oxygen atoms in total. The van der Waals surface area contributed by atoms with E-state index in [1.807, 2.05) is 0 Å². The largest absolute Gasteiger partial charge is 0.573 e. The van der Waals surface area contributed by atoms with E-state index in [9.17, 15) is 13.2 Å². The van der Waals surface area contributed by atoms with Gasteiger partial charge in [0.15, 0.2) is 10.4 Å². The average Bonchev–Trinajstić information content (AvgIpc) is 2.06. The van der Waals surface area contributed by atoms with Crippen LogP contribution in [0.1, 0.15) is 0 Å². The van der Waals surface area contributed by atoms with Crippen molar-refractivity contribution in [2.24, 2.45) is 0 Å². The number of nitrogens with zero attached hydrogens (tertiary/aromatic N) is 1. The molecule has 0 unspecified atom stereocenters. The Morgan fingerprint density at radius 1 is 1.36 bits per heavy atom. The minimum Gasteiger partial charge on any atom is -0.481 e. The summed E-state index contributed by atoms with van der Waals surface area (Å²) in [7, 11) is 1.36. The second kappa shape index (κ2) is 4.04. The lowest BCUT2D eigenvalue weighted by molar-refractivity contribution is -0.275. The number of rotatable bonds is 2. The highest BCUT2D eigenvalue weighted by Gasteiger charge is 2.32. The van der Waals surface area contributed by atoms with Gasteiger partial charge in [0.05, 0.1) is 7.11 Å². The van der Waals surface area contributed by atoms with Crippen LogP contribution in [0.5, 0.6) is 11.6 Å². The highest BCUT2D eigenvalue weighted by Crippen LogP contribution is 2.30. The maximum Gasteiger partial charge on any atom is 0.573 e. The van der Waals surface area contributed by atoms with Gasteiger partial charge in [-0.25, -0.2) is 4.98 Å². The smallest absolute Gasteiger partial charge is 0.481 e. The zero-order chi connectivity index (χ0) is 10.8. The van der Waals surface area contributed by atoms with Gasteiger partial charge in [-0.05, 0) is 22.0 Å². The van der Waals surface area contributed by atoms with E-state index in [1.165, 1.54) is 13.2 Å². The van der Waals surface area contributed by atoms with Gasteiger partial charge >= 0.3 is 6.36 Å². The number of aromatic nitrogens is 1. The second-order valence-corrected chi connectivity index (χ2v) is 2.94. The fourth-order valence-corrected chi connectivity index (χ4v) is 1.11. The van der Waals surface area contributed by atoms with Gasteiger partial charge in [0.2, 0.25) is 5.88 Å². The summed E-state index contributed by atoms with van der Waals surface area (Å²) >= 11 is 2.82. The van der Waals surface area contributed by atoms with Crippen LogP contribution in [0.15, 0.2) is 16.7 Å². The topological polar surface area (TPSA) is 31.4 Å². The van der Waals surface area contributed by atoms with Crippen molar-refractivity contribution in [1.29, 1.82) is 0 Å². The van der Waals surface area contributed by atoms with Crippen LogP contribution in [0.4, 0.5) is 13.2 Å². The molecule has 0 aliphatic heterocycles. The highest BCUT2D eigenvalue weighted by atomic mass is 79.9. The summed E-state index contributed by atoms with van der Waals surface area (Å²) in [6.07, 6.45) is -4.72. The molecule has 0 amide bonds. The van der Waals surface area contributed by atoms with Crippen LogP contribution >= 0.6 is 15.9 Å². The lowest BCUT2D eigenvalue weighted by atomic mass is 10.4. The quantitative estimate of drug-likeness (QED) is 0.776. The monoisotopic (exact) mass is 271 g/mol. The molecule has 0 fully saturated rings. The number of alkyl halides is 3. The van der Waals surface area contributed by atoms with E-state index in [4.69, 9.17) is 4.74 Å². The fraction of sp³-hybridized carbons (Fsp3) is 0.286. The predicted molar refractivity (Wildman–Crippen MR) is 45.2 cm³/mol. The van der Waals surface area contributed by atoms with E-state index in [1.54, 1.807) is 0 Å². The maximum absolute atomic E-state index is 11.8. The molecule has 1 rings (SSSR count). The van der Waals surface area contributed by atoms with Crippen LogP contribution in [0.3, 0.4) is 0 Å². The Balaban J connectivity index is 2.89. The van der Waals surface area contributed by atoms with Crippen molar-refractivity contribution < 1.29 is 22.6 Å². The van der Waals surface area contributed by atoms with Gasteiger partial charge in [-0.3, -0.25) is 0 Å². The van der Waals surface area contributed by atoms with Gasteiger partial charge in [0.1, 0.15) is 0 Å². The molecule has 0 aromatic carbocycles. The molecule has 0 spiro atoms. The molecule has 0 aliphatic carbocycles. The van der Waals surface area contributed by atoms with Crippen molar-refractivity contribution in [3.8, 4) is 11.6 Å². The molecular weight excluding hydrogens is 267 g/mol. The lowest BCUT2D eigenvalue weighted by Gasteiger charge is -2.10. The molecular formula is C7H5BrF3NO2. The van der Waals surface area contributed by atoms with Gasteiger partial charge in [-0.15, -0.1) is 13.2 Å². The summed E-state index contributed by atoms with van der Waals surface area (Å²) in [6, 6.07) is 2.38. The molecule has 1 aromatic heterocycles. The van der Waals surface area contributed by atoms with E-state index >= 15 is 0 Å². The third-order valence-corrected chi connectivity index (χ3v) is 1.79. The summed E-state index contributed by atoms with van der Waals surface area (Å²) in [6.45, 7) is 0. The van der Waals surface area contributed by atoms with Crippen molar-refractivity contribution in [1.82, 2.24) is 4.98 Å². The standard InChI is InChI=1S/C7H5BrF3NO2/c1-13-5-3-2-4(6(8)12-5)14-7(9,10)11/h2-3H,1H3. The SMILES string of the molecule is COc1ccc(OC(F)(F)F)c(Br)n1. The summed E-state index contributed by atoms with van der Waals surface area (Å²) in [5, 5.41) is 0. The number of hydrogen-bond acceptors (Lipinski definition) is 3. The average molecular weight is 272 g/mol. The van der Waals surface area contributed by atoms with Crippen LogP contribution in [0, 0.1) is 0 Å². The van der Waals surface area contributed by atoms with Gasteiger partial charge in [-0.2, -0.15) is 0 Å². The van der Waals surface area contributed by atoms with Crippen LogP contribution in [-0.4, -0.2) is 18.5 Å². The first-order chi connectivity index (χ1) is 6.42. The molecule has 0 N–H and O–H groups in total. The summed E-state index contributed by atoms with van der Waals surface area (Å²) < 4.78 is 43.7. The van der Waals surface area contributed by atoms with Crippen molar-refractivity contribution in [2.75, 3.05) is 7.11 Å². The number of halogens is 4. The Hall–Kier alpha value is -0.980. The highest BCUT2D eigenvalue weighted by molar-refractivity contribution is 9.10. The Bertz CT molecular complexity index is 329. The first-order valence-electron chi connectivity index (χ1n) is 3.38. The number of pyridine rings is 1. The normalized spacial score (nSPS) is 11.2. The molecule has 7 heteroatoms. The van der Waals surface area contributed by atoms with E-state index in [-0.39, 0.29) is 10.5 Å². The first kappa shape index (κ1) is 11.1. The Morgan fingerprint density at radius 2 is 2.00 bits per heavy atom.